The second-order valence-corrected chi connectivity index (χ2v) is 6.73. The molecule has 0 fully saturated rings. The van der Waals surface area contributed by atoms with Crippen LogP contribution in [0.4, 0.5) is 5.69 Å². The van der Waals surface area contributed by atoms with E-state index < -0.39 is 9.84 Å². The quantitative estimate of drug-likeness (QED) is 0.512. The maximum Gasteiger partial charge on any atom is 0.182 e. The van der Waals surface area contributed by atoms with Crippen LogP contribution >= 0.6 is 11.6 Å². The zero-order valence-corrected chi connectivity index (χ0v) is 13.5. The Bertz CT molecular complexity index is 535. The number of anilines is 1. The van der Waals surface area contributed by atoms with E-state index in [-0.39, 0.29) is 22.9 Å². The number of nitrogens with two attached hydrogens (primary N) is 1. The van der Waals surface area contributed by atoms with Gasteiger partial charge in [0.15, 0.2) is 9.84 Å². The molecule has 1 rings (SSSR count). The Kier molecular flexibility index (Phi) is 7.98. The van der Waals surface area contributed by atoms with Gasteiger partial charge in [0.2, 0.25) is 0 Å². The Balaban J connectivity index is 2.33. The lowest BCUT2D eigenvalue weighted by atomic mass is 10.3. The standard InChI is InChI=1S/C13H20ClNO5S/c1-18-4-5-19-6-7-20-8-9-21(16,17)13-3-2-11(14)10-12(13)15/h2-3,10H,4-9,15H2,1H3. The lowest BCUT2D eigenvalue weighted by Gasteiger charge is -2.09. The van der Waals surface area contributed by atoms with Crippen LogP contribution in [0.1, 0.15) is 0 Å². The normalized spacial score (nSPS) is 11.7. The Labute approximate surface area is 130 Å². The molecule has 0 aliphatic heterocycles. The highest BCUT2D eigenvalue weighted by atomic mass is 35.5. The minimum Gasteiger partial charge on any atom is -0.398 e. The maximum absolute atomic E-state index is 12.1. The molecule has 120 valence electrons. The fraction of sp³-hybridized carbons (Fsp3) is 0.538. The molecular formula is C13H20ClNO5S. The first-order valence-electron chi connectivity index (χ1n) is 6.39. The summed E-state index contributed by atoms with van der Waals surface area (Å²) >= 11 is 5.74. The molecule has 1 aromatic rings. The van der Waals surface area contributed by atoms with E-state index in [9.17, 15) is 8.42 Å². The molecule has 2 N–H and O–H groups in total. The minimum absolute atomic E-state index is 0.0758. The van der Waals surface area contributed by atoms with Gasteiger partial charge in [0, 0.05) is 12.1 Å². The molecule has 6 nitrogen and oxygen atoms in total. The van der Waals surface area contributed by atoms with Crippen LogP contribution in [-0.4, -0.2) is 54.3 Å². The SMILES string of the molecule is COCCOCCOCCS(=O)(=O)c1ccc(Cl)cc1N. The Morgan fingerprint density at radius 1 is 1.10 bits per heavy atom. The number of sulfone groups is 1. The third-order valence-corrected chi connectivity index (χ3v) is 4.59. The molecule has 0 spiro atoms. The highest BCUT2D eigenvalue weighted by Gasteiger charge is 2.17. The summed E-state index contributed by atoms with van der Waals surface area (Å²) < 4.78 is 39.4. The summed E-state index contributed by atoms with van der Waals surface area (Å²) in [5, 5.41) is 0.399. The molecule has 21 heavy (non-hydrogen) atoms. The van der Waals surface area contributed by atoms with Crippen molar-refractivity contribution >= 4 is 27.1 Å². The number of nitrogen functional groups attached to an aromatic ring is 1. The van der Waals surface area contributed by atoms with Crippen molar-refractivity contribution in [1.82, 2.24) is 0 Å². The van der Waals surface area contributed by atoms with Crippen molar-refractivity contribution in [1.29, 1.82) is 0 Å². The van der Waals surface area contributed by atoms with Crippen LogP contribution in [0, 0.1) is 0 Å². The molecule has 0 saturated heterocycles. The number of hydrogen-bond acceptors (Lipinski definition) is 6. The second kappa shape index (κ2) is 9.22. The van der Waals surface area contributed by atoms with Gasteiger partial charge in [0.05, 0.1) is 49.4 Å². The van der Waals surface area contributed by atoms with Gasteiger partial charge >= 0.3 is 0 Å². The predicted octanol–water partition coefficient (Wildman–Crippen LogP) is 1.38. The highest BCUT2D eigenvalue weighted by molar-refractivity contribution is 7.91. The van der Waals surface area contributed by atoms with E-state index in [4.69, 9.17) is 31.5 Å². The van der Waals surface area contributed by atoms with Gasteiger partial charge in [-0.3, -0.25) is 0 Å². The number of benzene rings is 1. The fourth-order valence-electron chi connectivity index (χ4n) is 1.55. The van der Waals surface area contributed by atoms with Crippen molar-refractivity contribution < 1.29 is 22.6 Å². The van der Waals surface area contributed by atoms with Crippen LogP contribution < -0.4 is 5.73 Å². The summed E-state index contributed by atoms with van der Waals surface area (Å²) in [4.78, 5) is 0.0758. The van der Waals surface area contributed by atoms with Crippen LogP contribution in [0.3, 0.4) is 0 Å². The molecule has 1 aromatic carbocycles. The van der Waals surface area contributed by atoms with Gasteiger partial charge in [-0.1, -0.05) is 11.6 Å². The molecule has 0 saturated carbocycles. The topological polar surface area (TPSA) is 87.9 Å². The van der Waals surface area contributed by atoms with E-state index >= 15 is 0 Å². The van der Waals surface area contributed by atoms with E-state index in [1.54, 1.807) is 7.11 Å². The van der Waals surface area contributed by atoms with E-state index in [2.05, 4.69) is 0 Å². The molecule has 0 unspecified atom stereocenters. The van der Waals surface area contributed by atoms with E-state index in [0.717, 1.165) is 0 Å². The molecule has 0 aromatic heterocycles. The van der Waals surface area contributed by atoms with Gasteiger partial charge < -0.3 is 19.9 Å². The second-order valence-electron chi connectivity index (χ2n) is 4.22. The molecule has 0 bridgehead atoms. The number of methoxy groups -OCH3 is 1. The molecule has 0 atom stereocenters. The monoisotopic (exact) mass is 337 g/mol. The molecular weight excluding hydrogens is 318 g/mol. The van der Waals surface area contributed by atoms with Gasteiger partial charge in [-0.2, -0.15) is 0 Å². The zero-order valence-electron chi connectivity index (χ0n) is 11.9. The van der Waals surface area contributed by atoms with Crippen molar-refractivity contribution in [2.75, 3.05) is 51.6 Å². The lowest BCUT2D eigenvalue weighted by molar-refractivity contribution is 0.0284. The van der Waals surface area contributed by atoms with E-state index in [1.807, 2.05) is 0 Å². The largest absolute Gasteiger partial charge is 0.398 e. The summed E-state index contributed by atoms with van der Waals surface area (Å²) in [5.41, 5.74) is 5.81. The molecule has 0 heterocycles. The first kappa shape index (κ1) is 18.2. The van der Waals surface area contributed by atoms with E-state index in [0.29, 0.717) is 31.5 Å². The Morgan fingerprint density at radius 3 is 2.33 bits per heavy atom. The Morgan fingerprint density at radius 2 is 1.71 bits per heavy atom. The highest BCUT2D eigenvalue weighted by Crippen LogP contribution is 2.23. The van der Waals surface area contributed by atoms with Crippen LogP contribution in [0.5, 0.6) is 0 Å². The van der Waals surface area contributed by atoms with Crippen LogP contribution in [0.25, 0.3) is 0 Å². The third-order valence-electron chi connectivity index (χ3n) is 2.61. The number of hydrogen-bond donors (Lipinski definition) is 1. The van der Waals surface area contributed by atoms with Gasteiger partial charge in [-0.05, 0) is 18.2 Å². The molecule has 0 radical (unpaired) electrons. The third kappa shape index (κ3) is 6.62. The number of halogens is 1. The fourth-order valence-corrected chi connectivity index (χ4v) is 2.98. The summed E-state index contributed by atoms with van der Waals surface area (Å²) in [6.07, 6.45) is 0. The lowest BCUT2D eigenvalue weighted by Crippen LogP contribution is -2.16. The average molecular weight is 338 g/mol. The summed E-state index contributed by atoms with van der Waals surface area (Å²) in [6.45, 7) is 1.81. The van der Waals surface area contributed by atoms with Crippen molar-refractivity contribution in [3.8, 4) is 0 Å². The van der Waals surface area contributed by atoms with Crippen molar-refractivity contribution in [3.05, 3.63) is 23.2 Å². The van der Waals surface area contributed by atoms with Crippen molar-refractivity contribution in [2.24, 2.45) is 0 Å². The minimum atomic E-state index is -3.48. The van der Waals surface area contributed by atoms with Crippen LogP contribution in [0.2, 0.25) is 5.02 Å². The predicted molar refractivity (Wildman–Crippen MR) is 81.4 cm³/mol. The van der Waals surface area contributed by atoms with Crippen molar-refractivity contribution in [2.45, 2.75) is 4.90 Å². The molecule has 0 aliphatic rings. The molecule has 8 heteroatoms. The van der Waals surface area contributed by atoms with Crippen LogP contribution in [-0.2, 0) is 24.0 Å². The average Bonchev–Trinajstić information content (AvgIpc) is 2.41. The summed E-state index contributed by atoms with van der Waals surface area (Å²) in [5.74, 6) is -0.142. The van der Waals surface area contributed by atoms with Gasteiger partial charge in [-0.25, -0.2) is 8.42 Å². The van der Waals surface area contributed by atoms with Crippen molar-refractivity contribution in [3.63, 3.8) is 0 Å². The zero-order chi connectivity index (χ0) is 15.7. The van der Waals surface area contributed by atoms with E-state index in [1.165, 1.54) is 18.2 Å². The smallest absolute Gasteiger partial charge is 0.182 e. The molecule has 0 amide bonds. The van der Waals surface area contributed by atoms with Gasteiger partial charge in [-0.15, -0.1) is 0 Å². The Hall–Kier alpha value is -0.860. The summed E-state index contributed by atoms with van der Waals surface area (Å²) in [7, 11) is -1.89. The maximum atomic E-state index is 12.1. The number of rotatable bonds is 10. The van der Waals surface area contributed by atoms with Gasteiger partial charge in [0.1, 0.15) is 0 Å². The first-order chi connectivity index (χ1) is 9.97. The summed E-state index contributed by atoms with van der Waals surface area (Å²) in [6, 6.07) is 4.31. The first-order valence-corrected chi connectivity index (χ1v) is 8.42. The molecule has 0 aliphatic carbocycles. The van der Waals surface area contributed by atoms with Gasteiger partial charge in [0.25, 0.3) is 0 Å². The van der Waals surface area contributed by atoms with Crippen LogP contribution in [0.15, 0.2) is 23.1 Å². The number of ether oxygens (including phenoxy) is 3.